The monoisotopic (exact) mass is 536 g/mol. The summed E-state index contributed by atoms with van der Waals surface area (Å²) in [5.41, 5.74) is 3.02. The second-order valence-electron chi connectivity index (χ2n) is 7.95. The first-order valence-corrected chi connectivity index (χ1v) is 12.5. The second-order valence-corrected chi connectivity index (χ2v) is 10.6. The van der Waals surface area contributed by atoms with Crippen molar-refractivity contribution in [3.63, 3.8) is 0 Å². The van der Waals surface area contributed by atoms with E-state index in [1.165, 1.54) is 46.2 Å². The Kier molecular flexibility index (Phi) is 6.16. The minimum Gasteiger partial charge on any atom is -0.450 e. The summed E-state index contributed by atoms with van der Waals surface area (Å²) in [4.78, 5) is 42.2. The van der Waals surface area contributed by atoms with Gasteiger partial charge in [0.25, 0.3) is 17.5 Å². The highest BCUT2D eigenvalue weighted by Gasteiger charge is 2.35. The zero-order valence-corrected chi connectivity index (χ0v) is 21.3. The van der Waals surface area contributed by atoms with Crippen LogP contribution in [0.25, 0.3) is 16.3 Å². The molecule has 5 rings (SSSR count). The molecule has 3 heterocycles. The van der Waals surface area contributed by atoms with Crippen molar-refractivity contribution in [2.75, 3.05) is 4.90 Å². The molecule has 4 aromatic rings. The molecule has 0 unspecified atom stereocenters. The highest BCUT2D eigenvalue weighted by atomic mass is 32.2. The lowest BCUT2D eigenvalue weighted by molar-refractivity contribution is -0.384. The predicted octanol–water partition coefficient (Wildman–Crippen LogP) is 5.40. The smallest absolute Gasteiger partial charge is 0.270 e. The molecule has 12 heteroatoms. The number of nitrogens with zero attached hydrogens (tertiary/aromatic N) is 3. The minimum atomic E-state index is -0.607. The molecule has 1 N–H and O–H groups in total. The molecule has 2 aromatic heterocycles. The third-order valence-electron chi connectivity index (χ3n) is 5.21. The van der Waals surface area contributed by atoms with Crippen LogP contribution in [0.2, 0.25) is 0 Å². The van der Waals surface area contributed by atoms with Crippen molar-refractivity contribution in [3.05, 3.63) is 81.1 Å². The number of hydrogen-bond acceptors (Lipinski definition) is 9. The van der Waals surface area contributed by atoms with Crippen molar-refractivity contribution in [2.45, 2.75) is 23.3 Å². The SMILES string of the molecule is Cc1cc(C)cc(N2C(=O)/C(=C/c3ccc(Sc4nc5ccc([N+](=O)[O-])cc5s4)o3)C(=O)NC2=S)c1. The van der Waals surface area contributed by atoms with E-state index in [1.807, 2.05) is 32.0 Å². The van der Waals surface area contributed by atoms with Gasteiger partial charge in [-0.2, -0.15) is 0 Å². The number of nitrogens with one attached hydrogen (secondary N) is 1. The number of furan rings is 1. The molecule has 2 amide bonds. The van der Waals surface area contributed by atoms with Crippen LogP contribution < -0.4 is 10.2 Å². The summed E-state index contributed by atoms with van der Waals surface area (Å²) in [6.07, 6.45) is 1.38. The number of benzene rings is 2. The third-order valence-corrected chi connectivity index (χ3v) is 7.49. The fourth-order valence-electron chi connectivity index (χ4n) is 3.72. The zero-order valence-electron chi connectivity index (χ0n) is 18.8. The fraction of sp³-hybridized carbons (Fsp3) is 0.0833. The quantitative estimate of drug-likeness (QED) is 0.118. The van der Waals surface area contributed by atoms with Crippen LogP contribution in [0.5, 0.6) is 0 Å². The van der Waals surface area contributed by atoms with Crippen molar-refractivity contribution in [2.24, 2.45) is 0 Å². The maximum atomic E-state index is 13.3. The van der Waals surface area contributed by atoms with Crippen LogP contribution in [-0.2, 0) is 9.59 Å². The van der Waals surface area contributed by atoms with Crippen molar-refractivity contribution in [1.29, 1.82) is 0 Å². The molecule has 180 valence electrons. The van der Waals surface area contributed by atoms with Crippen LogP contribution in [0, 0.1) is 24.0 Å². The molecule has 0 saturated carbocycles. The largest absolute Gasteiger partial charge is 0.450 e. The average Bonchev–Trinajstić information content (AvgIpc) is 3.41. The molecule has 0 bridgehead atoms. The standard InChI is InChI=1S/C24H16N4O5S3/c1-12-7-13(2)9-15(8-12)27-22(30)17(21(29)26-23(27)34)11-16-4-6-20(33-16)36-24-25-18-5-3-14(28(31)32)10-19(18)35-24/h3-11H,1-2H3,(H,26,29,34)/b17-11+. The Morgan fingerprint density at radius 2 is 1.89 bits per heavy atom. The van der Waals surface area contributed by atoms with Gasteiger partial charge in [-0.15, -0.1) is 11.3 Å². The van der Waals surface area contributed by atoms with Gasteiger partial charge < -0.3 is 4.42 Å². The van der Waals surface area contributed by atoms with Crippen molar-refractivity contribution in [1.82, 2.24) is 10.3 Å². The first kappa shape index (κ1) is 23.9. The molecular weight excluding hydrogens is 520 g/mol. The Morgan fingerprint density at radius 1 is 1.14 bits per heavy atom. The van der Waals surface area contributed by atoms with Crippen molar-refractivity contribution < 1.29 is 18.9 Å². The minimum absolute atomic E-state index is 0.000570. The lowest BCUT2D eigenvalue weighted by Gasteiger charge is -2.29. The Labute approximate surface area is 218 Å². The molecule has 0 radical (unpaired) electrons. The van der Waals surface area contributed by atoms with Crippen LogP contribution in [0.3, 0.4) is 0 Å². The molecule has 2 aromatic carbocycles. The number of nitro benzene ring substituents is 1. The van der Waals surface area contributed by atoms with Gasteiger partial charge in [-0.1, -0.05) is 6.07 Å². The fourth-order valence-corrected chi connectivity index (χ4v) is 6.00. The Bertz CT molecular complexity index is 1600. The number of hydrogen-bond donors (Lipinski definition) is 1. The van der Waals surface area contributed by atoms with Gasteiger partial charge in [-0.25, -0.2) is 4.98 Å². The number of thiazole rings is 1. The molecule has 1 fully saturated rings. The summed E-state index contributed by atoms with van der Waals surface area (Å²) in [7, 11) is 0. The second kappa shape index (κ2) is 9.30. The molecule has 0 atom stereocenters. The van der Waals surface area contributed by atoms with E-state index in [4.69, 9.17) is 16.6 Å². The summed E-state index contributed by atoms with van der Waals surface area (Å²) < 4.78 is 7.14. The van der Waals surface area contributed by atoms with Crippen molar-refractivity contribution in [3.8, 4) is 0 Å². The van der Waals surface area contributed by atoms with Gasteiger partial charge >= 0.3 is 0 Å². The van der Waals surface area contributed by atoms with Gasteiger partial charge in [-0.3, -0.25) is 29.9 Å². The van der Waals surface area contributed by atoms with Crippen LogP contribution in [0.4, 0.5) is 11.4 Å². The van der Waals surface area contributed by atoms with E-state index in [9.17, 15) is 19.7 Å². The number of nitro groups is 1. The Balaban J connectivity index is 1.40. The normalized spacial score (nSPS) is 15.1. The van der Waals surface area contributed by atoms with Gasteiger partial charge in [0.2, 0.25) is 0 Å². The zero-order chi connectivity index (χ0) is 25.6. The Morgan fingerprint density at radius 3 is 2.61 bits per heavy atom. The number of anilines is 1. The molecule has 1 saturated heterocycles. The van der Waals surface area contributed by atoms with E-state index < -0.39 is 16.7 Å². The molecular formula is C24H16N4O5S3. The number of carbonyl (C=O) groups excluding carboxylic acids is 2. The summed E-state index contributed by atoms with van der Waals surface area (Å²) in [5.74, 6) is -0.850. The van der Waals surface area contributed by atoms with Gasteiger partial charge in [0.1, 0.15) is 11.3 Å². The van der Waals surface area contributed by atoms with Gasteiger partial charge in [0.05, 0.1) is 20.8 Å². The number of fused-ring (bicyclic) bond motifs is 1. The lowest BCUT2D eigenvalue weighted by atomic mass is 10.1. The Hall–Kier alpha value is -3.87. The van der Waals surface area contributed by atoms with Gasteiger partial charge in [0.15, 0.2) is 14.5 Å². The van der Waals surface area contributed by atoms with E-state index >= 15 is 0 Å². The number of amides is 2. The third kappa shape index (κ3) is 4.65. The summed E-state index contributed by atoms with van der Waals surface area (Å²) in [5, 5.41) is 14.1. The van der Waals surface area contributed by atoms with Crippen LogP contribution in [-0.4, -0.2) is 26.8 Å². The number of aryl methyl sites for hydroxylation is 2. The van der Waals surface area contributed by atoms with E-state index in [0.29, 0.717) is 31.1 Å². The molecule has 1 aliphatic rings. The molecule has 9 nitrogen and oxygen atoms in total. The first-order chi connectivity index (χ1) is 17.2. The molecule has 36 heavy (non-hydrogen) atoms. The average molecular weight is 537 g/mol. The summed E-state index contributed by atoms with van der Waals surface area (Å²) in [6.45, 7) is 3.83. The maximum absolute atomic E-state index is 13.3. The highest BCUT2D eigenvalue weighted by molar-refractivity contribution is 8.01. The number of aromatic nitrogens is 1. The number of thiocarbonyl (C=S) groups is 1. The number of non-ortho nitro benzene ring substituents is 1. The van der Waals surface area contributed by atoms with Crippen LogP contribution in [0.15, 0.2) is 68.0 Å². The van der Waals surface area contributed by atoms with Crippen LogP contribution >= 0.6 is 35.3 Å². The van der Waals surface area contributed by atoms with Crippen molar-refractivity contribution >= 4 is 79.9 Å². The molecule has 0 spiro atoms. The summed E-state index contributed by atoms with van der Waals surface area (Å²) >= 11 is 7.81. The highest BCUT2D eigenvalue weighted by Crippen LogP contribution is 2.36. The van der Waals surface area contributed by atoms with E-state index in [-0.39, 0.29) is 16.4 Å². The maximum Gasteiger partial charge on any atom is 0.270 e. The van der Waals surface area contributed by atoms with Gasteiger partial charge in [-0.05, 0) is 85.4 Å². The van der Waals surface area contributed by atoms with E-state index in [1.54, 1.807) is 18.2 Å². The molecule has 0 aliphatic carbocycles. The predicted molar refractivity (Wildman–Crippen MR) is 141 cm³/mol. The number of rotatable bonds is 5. The lowest BCUT2D eigenvalue weighted by Crippen LogP contribution is -2.54. The van der Waals surface area contributed by atoms with E-state index in [2.05, 4.69) is 10.3 Å². The van der Waals surface area contributed by atoms with Crippen LogP contribution in [0.1, 0.15) is 16.9 Å². The van der Waals surface area contributed by atoms with Gasteiger partial charge in [0, 0.05) is 12.1 Å². The van der Waals surface area contributed by atoms with E-state index in [0.717, 1.165) is 11.1 Å². The summed E-state index contributed by atoms with van der Waals surface area (Å²) in [6, 6.07) is 13.4. The molecule has 1 aliphatic heterocycles. The number of carbonyl (C=O) groups is 2. The topological polar surface area (TPSA) is 119 Å². The first-order valence-electron chi connectivity index (χ1n) is 10.5.